The Balaban J connectivity index is 1.59. The molecule has 13 heteroatoms. The monoisotopic (exact) mass is 487 g/mol. The molecule has 35 heavy (non-hydrogen) atoms. The summed E-state index contributed by atoms with van der Waals surface area (Å²) < 4.78 is 55.0. The third-order valence-corrected chi connectivity index (χ3v) is 5.56. The van der Waals surface area contributed by atoms with Crippen molar-refractivity contribution in [1.82, 2.24) is 29.0 Å². The summed E-state index contributed by atoms with van der Waals surface area (Å²) in [5.74, 6) is -0.768. The quantitative estimate of drug-likeness (QED) is 0.344. The second-order valence-corrected chi connectivity index (χ2v) is 7.90. The minimum atomic E-state index is -4.60. The number of rotatable bonds is 5. The van der Waals surface area contributed by atoms with Gasteiger partial charge in [0.25, 0.3) is 0 Å². The summed E-state index contributed by atoms with van der Waals surface area (Å²) in [6, 6.07) is 9.03. The van der Waals surface area contributed by atoms with Gasteiger partial charge in [0, 0.05) is 18.7 Å². The molecule has 0 fully saturated rings. The Morgan fingerprint density at radius 3 is 2.57 bits per heavy atom. The molecule has 0 aliphatic carbocycles. The summed E-state index contributed by atoms with van der Waals surface area (Å²) in [6.07, 6.45) is -4.12. The summed E-state index contributed by atoms with van der Waals surface area (Å²) >= 11 is 0. The van der Waals surface area contributed by atoms with Crippen LogP contribution in [0.2, 0.25) is 0 Å². The van der Waals surface area contributed by atoms with Gasteiger partial charge in [0.2, 0.25) is 12.3 Å². The maximum absolute atomic E-state index is 13.6. The number of benzene rings is 1. The molecule has 0 saturated heterocycles. The van der Waals surface area contributed by atoms with Crippen LogP contribution in [0.15, 0.2) is 42.6 Å². The molecule has 2 amide bonds. The van der Waals surface area contributed by atoms with Crippen LogP contribution in [0, 0.1) is 5.82 Å². The second-order valence-electron chi connectivity index (χ2n) is 7.90. The van der Waals surface area contributed by atoms with E-state index in [2.05, 4.69) is 20.4 Å². The van der Waals surface area contributed by atoms with Crippen LogP contribution in [-0.4, -0.2) is 54.1 Å². The fourth-order valence-corrected chi connectivity index (χ4v) is 4.03. The van der Waals surface area contributed by atoms with Crippen molar-refractivity contribution in [1.29, 1.82) is 0 Å². The molecule has 9 nitrogen and oxygen atoms in total. The van der Waals surface area contributed by atoms with E-state index < -0.39 is 24.3 Å². The first-order valence-electron chi connectivity index (χ1n) is 10.5. The highest BCUT2D eigenvalue weighted by molar-refractivity contribution is 5.79. The third kappa shape index (κ3) is 4.44. The topological polar surface area (TPSA) is 97.4 Å². The fraction of sp³-hybridized carbons (Fsp3) is 0.227. The van der Waals surface area contributed by atoms with Gasteiger partial charge in [-0.2, -0.15) is 18.3 Å². The number of alkyl halides is 3. The summed E-state index contributed by atoms with van der Waals surface area (Å²) in [6.45, 7) is 0.155. The summed E-state index contributed by atoms with van der Waals surface area (Å²) in [5.41, 5.74) is 2.54. The minimum absolute atomic E-state index is 0.0643. The molecule has 3 aromatic heterocycles. The van der Waals surface area contributed by atoms with E-state index in [1.807, 2.05) is 0 Å². The standard InChI is InChI=1S/C22H17F4N7O2/c23-14-3-1-13(2-4-14)20-21(15-5-6-17-28-16(27-12-34)10-33(17)30-15)32-8-7-31(11-18(32)29-20)19(35)9-22(24,25)26/h1-6,10,12H,7-9,11H2,(H,27,34). The fourth-order valence-electron chi connectivity index (χ4n) is 4.03. The average molecular weight is 487 g/mol. The smallest absolute Gasteiger partial charge is 0.333 e. The van der Waals surface area contributed by atoms with Crippen LogP contribution in [0.5, 0.6) is 0 Å². The van der Waals surface area contributed by atoms with Crippen molar-refractivity contribution >= 4 is 23.8 Å². The summed E-state index contributed by atoms with van der Waals surface area (Å²) in [5, 5.41) is 7.02. The molecule has 0 bridgehead atoms. The molecular weight excluding hydrogens is 470 g/mol. The molecular formula is C22H17F4N7O2. The molecule has 1 aliphatic heterocycles. The van der Waals surface area contributed by atoms with E-state index in [0.717, 1.165) is 4.90 Å². The molecule has 180 valence electrons. The number of halogens is 4. The zero-order chi connectivity index (χ0) is 24.7. The van der Waals surface area contributed by atoms with Crippen LogP contribution in [0.1, 0.15) is 12.2 Å². The number of hydrogen-bond acceptors (Lipinski definition) is 5. The van der Waals surface area contributed by atoms with Gasteiger partial charge >= 0.3 is 6.18 Å². The Labute approximate surface area is 195 Å². The number of aromatic nitrogens is 5. The van der Waals surface area contributed by atoms with Gasteiger partial charge in [-0.1, -0.05) is 0 Å². The normalized spacial score (nSPS) is 13.7. The number of nitrogens with one attached hydrogen (secondary N) is 1. The van der Waals surface area contributed by atoms with Crippen molar-refractivity contribution in [2.75, 3.05) is 11.9 Å². The number of carbonyl (C=O) groups is 2. The van der Waals surface area contributed by atoms with Crippen LogP contribution in [0.3, 0.4) is 0 Å². The van der Waals surface area contributed by atoms with Crippen LogP contribution in [0.25, 0.3) is 28.3 Å². The van der Waals surface area contributed by atoms with E-state index in [0.29, 0.717) is 46.3 Å². The Hall–Kier alpha value is -4.29. The predicted molar refractivity (Wildman–Crippen MR) is 115 cm³/mol. The number of carbonyl (C=O) groups excluding carboxylic acids is 2. The van der Waals surface area contributed by atoms with Gasteiger partial charge in [-0.15, -0.1) is 0 Å². The van der Waals surface area contributed by atoms with Gasteiger partial charge in [-0.25, -0.2) is 18.9 Å². The molecule has 0 atom stereocenters. The van der Waals surface area contributed by atoms with Gasteiger partial charge in [0.15, 0.2) is 11.5 Å². The van der Waals surface area contributed by atoms with Crippen LogP contribution < -0.4 is 5.32 Å². The van der Waals surface area contributed by atoms with E-state index in [4.69, 9.17) is 0 Å². The van der Waals surface area contributed by atoms with Gasteiger partial charge < -0.3 is 14.8 Å². The van der Waals surface area contributed by atoms with Crippen LogP contribution in [-0.2, 0) is 22.7 Å². The van der Waals surface area contributed by atoms with E-state index in [-0.39, 0.29) is 19.6 Å². The first-order chi connectivity index (χ1) is 16.7. The van der Waals surface area contributed by atoms with Crippen molar-refractivity contribution < 1.29 is 27.2 Å². The lowest BCUT2D eigenvalue weighted by Crippen LogP contribution is -2.40. The van der Waals surface area contributed by atoms with Crippen molar-refractivity contribution in [2.45, 2.75) is 25.7 Å². The molecule has 5 rings (SSSR count). The first-order valence-corrected chi connectivity index (χ1v) is 10.5. The van der Waals surface area contributed by atoms with Crippen LogP contribution in [0.4, 0.5) is 23.4 Å². The maximum atomic E-state index is 13.6. The Kier molecular flexibility index (Phi) is 5.46. The van der Waals surface area contributed by atoms with Crippen molar-refractivity contribution in [2.24, 2.45) is 0 Å². The highest BCUT2D eigenvalue weighted by Gasteiger charge is 2.35. The van der Waals surface area contributed by atoms with Crippen molar-refractivity contribution in [3.05, 3.63) is 54.2 Å². The number of anilines is 1. The predicted octanol–water partition coefficient (Wildman–Crippen LogP) is 3.26. The van der Waals surface area contributed by atoms with Gasteiger partial charge in [0.05, 0.1) is 24.1 Å². The van der Waals surface area contributed by atoms with Crippen molar-refractivity contribution in [3.8, 4) is 22.6 Å². The lowest BCUT2D eigenvalue weighted by atomic mass is 10.1. The third-order valence-electron chi connectivity index (χ3n) is 5.56. The van der Waals surface area contributed by atoms with Crippen LogP contribution >= 0.6 is 0 Å². The van der Waals surface area contributed by atoms with Gasteiger partial charge in [0.1, 0.15) is 23.8 Å². The van der Waals surface area contributed by atoms with Crippen molar-refractivity contribution in [3.63, 3.8) is 0 Å². The molecule has 0 saturated carbocycles. The minimum Gasteiger partial charge on any atom is -0.333 e. The Bertz CT molecular complexity index is 1430. The van der Waals surface area contributed by atoms with E-state index >= 15 is 0 Å². The molecule has 1 aromatic carbocycles. The van der Waals surface area contributed by atoms with Gasteiger partial charge in [-0.05, 0) is 36.4 Å². The summed E-state index contributed by atoms with van der Waals surface area (Å²) in [4.78, 5) is 32.9. The Morgan fingerprint density at radius 2 is 1.86 bits per heavy atom. The summed E-state index contributed by atoms with van der Waals surface area (Å²) in [7, 11) is 0. The number of hydrogen-bond donors (Lipinski definition) is 1. The molecule has 1 aliphatic rings. The molecule has 0 radical (unpaired) electrons. The average Bonchev–Trinajstić information content (AvgIpc) is 3.38. The lowest BCUT2D eigenvalue weighted by Gasteiger charge is -2.28. The zero-order valence-corrected chi connectivity index (χ0v) is 18.0. The van der Waals surface area contributed by atoms with Gasteiger partial charge in [-0.3, -0.25) is 9.59 Å². The number of imidazole rings is 2. The largest absolute Gasteiger partial charge is 0.397 e. The lowest BCUT2D eigenvalue weighted by molar-refractivity contribution is -0.162. The zero-order valence-electron chi connectivity index (χ0n) is 18.0. The second kappa shape index (κ2) is 8.49. The van der Waals surface area contributed by atoms with E-state index in [1.165, 1.54) is 22.8 Å². The molecule has 1 N–H and O–H groups in total. The SMILES string of the molecule is O=CNc1cn2nc(-c3c(-c4ccc(F)cc4)nc4n3CCN(C(=O)CC(F)(F)F)C4)ccc2n1. The maximum Gasteiger partial charge on any atom is 0.397 e. The number of amides is 2. The Morgan fingerprint density at radius 1 is 1.09 bits per heavy atom. The number of fused-ring (bicyclic) bond motifs is 2. The van der Waals surface area contributed by atoms with E-state index in [9.17, 15) is 27.2 Å². The molecule has 4 aromatic rings. The first kappa shape index (κ1) is 22.5. The van der Waals surface area contributed by atoms with E-state index in [1.54, 1.807) is 28.8 Å². The molecule has 4 heterocycles. The number of nitrogens with zero attached hydrogens (tertiary/aromatic N) is 6. The highest BCUT2D eigenvalue weighted by Crippen LogP contribution is 2.34. The molecule has 0 spiro atoms. The highest BCUT2D eigenvalue weighted by atomic mass is 19.4. The molecule has 0 unspecified atom stereocenters.